The molecule has 4 aliphatic heterocycles. The number of nitrogens with zero attached hydrogens (tertiary/aromatic N) is 7. The van der Waals surface area contributed by atoms with Crippen LogP contribution in [0.2, 0.25) is 0 Å². The minimum atomic E-state index is -1.08. The molecule has 2 aromatic heterocycles. The zero-order valence-electron chi connectivity index (χ0n) is 49.2. The minimum absolute atomic E-state index is 0.0744. The lowest BCUT2D eigenvalue weighted by atomic mass is 9.77. The molecule has 2 aliphatic carbocycles. The maximum absolute atomic E-state index is 13.8. The summed E-state index contributed by atoms with van der Waals surface area (Å²) in [6.07, 6.45) is 10.1. The first kappa shape index (κ1) is 59.4. The third kappa shape index (κ3) is 13.4. The van der Waals surface area contributed by atoms with E-state index in [-0.39, 0.29) is 17.9 Å². The molecule has 4 aromatic carbocycles. The van der Waals surface area contributed by atoms with Crippen LogP contribution in [-0.4, -0.2) is 125 Å². The number of rotatable bonds is 8. The van der Waals surface area contributed by atoms with Crippen molar-refractivity contribution in [3.8, 4) is 34.9 Å². The van der Waals surface area contributed by atoms with Gasteiger partial charge in [-0.25, -0.2) is 24.4 Å². The summed E-state index contributed by atoms with van der Waals surface area (Å²) in [5, 5.41) is 21.6. The third-order valence-electron chi connectivity index (χ3n) is 17.9. The van der Waals surface area contributed by atoms with Gasteiger partial charge in [-0.15, -0.1) is 0 Å². The lowest BCUT2D eigenvalue weighted by molar-refractivity contribution is 0.0566. The predicted octanol–water partition coefficient (Wildman–Crippen LogP) is 11.4. The van der Waals surface area contributed by atoms with Gasteiger partial charge in [0, 0.05) is 80.9 Å². The van der Waals surface area contributed by atoms with Crippen LogP contribution in [0, 0.1) is 36.5 Å². The molecule has 6 aliphatic rings. The molecule has 2 saturated carbocycles. The summed E-state index contributed by atoms with van der Waals surface area (Å²) in [5.41, 5.74) is 16.4. The van der Waals surface area contributed by atoms with Crippen molar-refractivity contribution in [3.63, 3.8) is 0 Å². The van der Waals surface area contributed by atoms with Crippen LogP contribution in [0.1, 0.15) is 176 Å². The summed E-state index contributed by atoms with van der Waals surface area (Å²) in [6.45, 7) is 9.86. The Kier molecular flexibility index (Phi) is 18.7. The number of hydrogen-bond acceptors (Lipinski definition) is 14. The van der Waals surface area contributed by atoms with Gasteiger partial charge >= 0.3 is 18.4 Å². The van der Waals surface area contributed by atoms with E-state index in [4.69, 9.17) is 25.2 Å². The highest BCUT2D eigenvalue weighted by atomic mass is 16.8. The highest BCUT2D eigenvalue weighted by Gasteiger charge is 2.33. The average Bonchev–Trinajstić information content (AvgIpc) is 4.24. The molecule has 6 heterocycles. The molecule has 442 valence electrons. The van der Waals surface area contributed by atoms with E-state index in [1.54, 1.807) is 4.90 Å². The monoisotopic (exact) mass is 1150 g/mol. The molecule has 0 bridgehead atoms. The Bertz CT molecular complexity index is 3480. The number of hydrogen-bond donors (Lipinski definition) is 3. The van der Waals surface area contributed by atoms with Gasteiger partial charge in [0.1, 0.15) is 11.6 Å². The number of likely N-dealkylation sites (tertiary alicyclic amines) is 2. The molecule has 4 fully saturated rings. The van der Waals surface area contributed by atoms with E-state index >= 15 is 0 Å². The van der Waals surface area contributed by atoms with Gasteiger partial charge in [-0.2, -0.15) is 10.5 Å². The van der Waals surface area contributed by atoms with Crippen molar-refractivity contribution in [2.45, 2.75) is 128 Å². The maximum Gasteiger partial charge on any atom is 0.518 e. The number of piperidine rings is 2. The summed E-state index contributed by atoms with van der Waals surface area (Å²) in [6, 6.07) is 28.8. The first-order valence-electron chi connectivity index (χ1n) is 29.7. The summed E-state index contributed by atoms with van der Waals surface area (Å²) in [7, 11) is 3.58. The van der Waals surface area contributed by atoms with E-state index in [9.17, 15) is 24.0 Å². The molecule has 0 atom stereocenters. The molecule has 0 spiro atoms. The van der Waals surface area contributed by atoms with Crippen LogP contribution in [0.5, 0.6) is 0 Å². The lowest BCUT2D eigenvalue weighted by Crippen LogP contribution is -2.38. The number of nitrogens with one attached hydrogen (secondary N) is 3. The molecule has 19 heteroatoms. The highest BCUT2D eigenvalue weighted by Crippen LogP contribution is 2.44. The number of carbonyl (C=O) groups is 5. The van der Waals surface area contributed by atoms with Gasteiger partial charge in [-0.3, -0.25) is 9.59 Å². The van der Waals surface area contributed by atoms with Crippen LogP contribution in [0.3, 0.4) is 0 Å². The summed E-state index contributed by atoms with van der Waals surface area (Å²) < 4.78 is 16.7. The summed E-state index contributed by atoms with van der Waals surface area (Å²) >= 11 is 0. The number of imidazole rings is 2. The van der Waals surface area contributed by atoms with Crippen LogP contribution in [0.4, 0.5) is 14.4 Å². The van der Waals surface area contributed by atoms with Gasteiger partial charge in [0.2, 0.25) is 0 Å². The fourth-order valence-corrected chi connectivity index (χ4v) is 12.5. The van der Waals surface area contributed by atoms with Crippen LogP contribution in [0.25, 0.3) is 22.8 Å². The van der Waals surface area contributed by atoms with Gasteiger partial charge in [-0.05, 0) is 159 Å². The first-order chi connectivity index (χ1) is 41.2. The average molecular weight is 1150 g/mol. The zero-order chi connectivity index (χ0) is 59.7. The Morgan fingerprint density at radius 1 is 0.541 bits per heavy atom. The fraction of sp³-hybridized carbons (Fsp3) is 0.439. The van der Waals surface area contributed by atoms with Crippen molar-refractivity contribution in [2.75, 3.05) is 60.6 Å². The number of H-pyrrole nitrogens is 2. The van der Waals surface area contributed by atoms with E-state index in [2.05, 4.69) is 85.0 Å². The quantitative estimate of drug-likeness (QED) is 0.0729. The van der Waals surface area contributed by atoms with E-state index in [1.165, 1.54) is 60.7 Å². The van der Waals surface area contributed by atoms with Crippen molar-refractivity contribution >= 4 is 30.2 Å². The lowest BCUT2D eigenvalue weighted by Gasteiger charge is -2.33. The normalized spacial score (nSPS) is 16.9. The summed E-state index contributed by atoms with van der Waals surface area (Å²) in [5.74, 6) is 3.78. The Hall–Kier alpha value is -8.81. The number of aromatic nitrogens is 4. The van der Waals surface area contributed by atoms with Crippen molar-refractivity contribution in [3.05, 3.63) is 151 Å². The third-order valence-corrected chi connectivity index (χ3v) is 17.9. The molecule has 6 aromatic rings. The SMILES string of the molecule is COC(=O)N1CCc2nc(-c3cc(C(=O)N4CCC(c5ccc(C#N)cc5)CC4)c(C)cc3C3CCC3)[nH]c2C1.COC(=O)OC(=O)OC.Cc1cc(C2CCC2)c(-c2nc3c([nH]2)CNCC3)cc1C(=O)N1CCC(c2ccc(C#N)cc2)CC1. The molecule has 0 radical (unpaired) electrons. The zero-order valence-corrected chi connectivity index (χ0v) is 49.2. The molecule has 0 unspecified atom stereocenters. The predicted molar refractivity (Wildman–Crippen MR) is 317 cm³/mol. The maximum atomic E-state index is 13.8. The second-order valence-corrected chi connectivity index (χ2v) is 23.0. The van der Waals surface area contributed by atoms with Gasteiger partial charge in [0.25, 0.3) is 11.8 Å². The summed E-state index contributed by atoms with van der Waals surface area (Å²) in [4.78, 5) is 82.4. The largest absolute Gasteiger partial charge is 0.518 e. The topological polar surface area (TPSA) is 249 Å². The van der Waals surface area contributed by atoms with Crippen molar-refractivity contribution in [1.29, 1.82) is 10.5 Å². The number of nitriles is 2. The Morgan fingerprint density at radius 3 is 1.39 bits per heavy atom. The van der Waals surface area contributed by atoms with Gasteiger partial charge in [0.15, 0.2) is 0 Å². The molecular formula is C66H74N10O9. The first-order valence-corrected chi connectivity index (χ1v) is 29.7. The molecular weight excluding hydrogens is 1080 g/mol. The number of fused-ring (bicyclic) bond motifs is 2. The van der Waals surface area contributed by atoms with Crippen LogP contribution < -0.4 is 5.32 Å². The number of carbonyl (C=O) groups excluding carboxylic acids is 5. The van der Waals surface area contributed by atoms with Crippen LogP contribution in [0.15, 0.2) is 72.8 Å². The number of aromatic amines is 2. The fourth-order valence-electron chi connectivity index (χ4n) is 12.5. The van der Waals surface area contributed by atoms with Gasteiger partial charge < -0.3 is 48.9 Å². The van der Waals surface area contributed by atoms with E-state index in [0.717, 1.165) is 147 Å². The second-order valence-electron chi connectivity index (χ2n) is 23.0. The standard InChI is InChI=1S/C32H35N5O3.C30H33N5O.C4H6O5/c1-20-16-26(24-4-3-5-24)27(30-34-28-12-15-37(32(39)40-2)19-29(28)35-30)17-25(20)31(38)36-13-10-23(11-14-36)22-8-6-21(18-33)7-9-22;1-19-15-25(23-3-2-4-23)26(29-33-27-9-12-32-18-28(27)34-29)16-24(19)30(36)35-13-10-22(11-14-35)21-7-5-20(17-31)6-8-21;1-7-3(5)9-4(6)8-2/h6-9,16-17,23-24H,3-5,10-15,19H2,1-2H3,(H,34,35);5-8,15-16,22-23,32H,2-4,9-14,18H2,1H3,(H,33,34);1-2H3. The van der Waals surface area contributed by atoms with Crippen molar-refractivity contribution in [2.24, 2.45) is 0 Å². The van der Waals surface area contributed by atoms with Crippen LogP contribution in [-0.2, 0) is 44.9 Å². The van der Waals surface area contributed by atoms with Crippen molar-refractivity contribution in [1.82, 2.24) is 40.0 Å². The molecule has 85 heavy (non-hydrogen) atoms. The van der Waals surface area contributed by atoms with E-state index in [0.29, 0.717) is 67.4 Å². The van der Waals surface area contributed by atoms with Gasteiger partial charge in [-0.1, -0.05) is 49.2 Å². The molecule has 12 rings (SSSR count). The number of amides is 3. The van der Waals surface area contributed by atoms with E-state index < -0.39 is 12.3 Å². The molecule has 19 nitrogen and oxygen atoms in total. The molecule has 3 N–H and O–H groups in total. The Balaban J connectivity index is 0.000000166. The smallest absolute Gasteiger partial charge is 0.453 e. The number of ether oxygens (including phenoxy) is 4. The molecule has 3 amide bonds. The number of benzene rings is 4. The number of aryl methyl sites for hydroxylation is 2. The second kappa shape index (κ2) is 26.8. The van der Waals surface area contributed by atoms with Crippen molar-refractivity contribution < 1.29 is 42.9 Å². The van der Waals surface area contributed by atoms with Crippen LogP contribution >= 0.6 is 0 Å². The van der Waals surface area contributed by atoms with E-state index in [1.807, 2.05) is 53.1 Å². The Labute approximate surface area is 496 Å². The minimum Gasteiger partial charge on any atom is -0.453 e. The number of methoxy groups -OCH3 is 3. The molecule has 2 saturated heterocycles. The highest BCUT2D eigenvalue weighted by molar-refractivity contribution is 5.98. The van der Waals surface area contributed by atoms with Gasteiger partial charge in [0.05, 0.1) is 73.9 Å². The Morgan fingerprint density at radius 2 is 0.988 bits per heavy atom.